The van der Waals surface area contributed by atoms with E-state index in [-0.39, 0.29) is 16.5 Å². The Morgan fingerprint density at radius 2 is 2.26 bits per heavy atom. The summed E-state index contributed by atoms with van der Waals surface area (Å²) in [6, 6.07) is 4.95. The van der Waals surface area contributed by atoms with E-state index < -0.39 is 15.8 Å². The van der Waals surface area contributed by atoms with Crippen LogP contribution in [0.5, 0.6) is 0 Å². The molecule has 0 radical (unpaired) electrons. The van der Waals surface area contributed by atoms with E-state index in [4.69, 9.17) is 5.26 Å². The maximum Gasteiger partial charge on any atom is 0.246 e. The van der Waals surface area contributed by atoms with Crippen LogP contribution < -0.4 is 5.32 Å². The standard InChI is InChI=1S/C12H14FN3O2S/c1-9-8-15-4-5-16(9)19(17,18)12-3-2-10(7-14)6-11(12)13/h2-3,6,9,15H,4-5,8H2,1H3. The van der Waals surface area contributed by atoms with Crippen molar-refractivity contribution in [1.82, 2.24) is 9.62 Å². The van der Waals surface area contributed by atoms with Crippen LogP contribution in [0.1, 0.15) is 12.5 Å². The molecular weight excluding hydrogens is 269 g/mol. The van der Waals surface area contributed by atoms with Crippen molar-refractivity contribution in [2.75, 3.05) is 19.6 Å². The zero-order chi connectivity index (χ0) is 14.0. The molecule has 0 aromatic heterocycles. The van der Waals surface area contributed by atoms with Crippen LogP contribution >= 0.6 is 0 Å². The molecule has 1 heterocycles. The number of nitrogens with one attached hydrogen (secondary N) is 1. The van der Waals surface area contributed by atoms with Gasteiger partial charge in [-0.05, 0) is 25.1 Å². The van der Waals surface area contributed by atoms with E-state index in [1.54, 1.807) is 13.0 Å². The van der Waals surface area contributed by atoms with Crippen LogP contribution in [0.3, 0.4) is 0 Å². The first-order valence-corrected chi connectivity index (χ1v) is 7.33. The van der Waals surface area contributed by atoms with E-state index in [9.17, 15) is 12.8 Å². The lowest BCUT2D eigenvalue weighted by Crippen LogP contribution is -2.52. The van der Waals surface area contributed by atoms with Gasteiger partial charge in [-0.1, -0.05) is 0 Å². The Bertz CT molecular complexity index is 624. The maximum atomic E-state index is 13.8. The van der Waals surface area contributed by atoms with Gasteiger partial charge >= 0.3 is 0 Å². The number of piperazine rings is 1. The Balaban J connectivity index is 2.42. The fourth-order valence-electron chi connectivity index (χ4n) is 2.09. The number of hydrogen-bond donors (Lipinski definition) is 1. The quantitative estimate of drug-likeness (QED) is 0.866. The van der Waals surface area contributed by atoms with Crippen LogP contribution in [-0.2, 0) is 10.0 Å². The summed E-state index contributed by atoms with van der Waals surface area (Å²) in [5.74, 6) is -0.884. The summed E-state index contributed by atoms with van der Waals surface area (Å²) in [4.78, 5) is -0.375. The molecular formula is C12H14FN3O2S. The molecule has 1 atom stereocenters. The van der Waals surface area contributed by atoms with Gasteiger partial charge in [0.05, 0.1) is 11.6 Å². The van der Waals surface area contributed by atoms with Crippen LogP contribution in [0.25, 0.3) is 0 Å². The molecule has 5 nitrogen and oxygen atoms in total. The molecule has 2 rings (SSSR count). The fraction of sp³-hybridized carbons (Fsp3) is 0.417. The molecule has 19 heavy (non-hydrogen) atoms. The molecule has 1 aromatic rings. The van der Waals surface area contributed by atoms with Gasteiger partial charge in [-0.3, -0.25) is 0 Å². The van der Waals surface area contributed by atoms with Gasteiger partial charge in [0.1, 0.15) is 10.7 Å². The monoisotopic (exact) mass is 283 g/mol. The first kappa shape index (κ1) is 13.9. The van der Waals surface area contributed by atoms with Crippen molar-refractivity contribution in [3.8, 4) is 6.07 Å². The van der Waals surface area contributed by atoms with E-state index in [0.29, 0.717) is 19.6 Å². The first-order chi connectivity index (χ1) is 8.96. The summed E-state index contributed by atoms with van der Waals surface area (Å²) in [5, 5.41) is 11.7. The zero-order valence-corrected chi connectivity index (χ0v) is 11.2. The van der Waals surface area contributed by atoms with Gasteiger partial charge in [-0.25, -0.2) is 12.8 Å². The van der Waals surface area contributed by atoms with Gasteiger partial charge in [0.2, 0.25) is 10.0 Å². The smallest absolute Gasteiger partial charge is 0.246 e. The van der Waals surface area contributed by atoms with Gasteiger partial charge < -0.3 is 5.32 Å². The average Bonchev–Trinajstić information content (AvgIpc) is 2.38. The third-order valence-corrected chi connectivity index (χ3v) is 5.13. The third kappa shape index (κ3) is 2.61. The molecule has 102 valence electrons. The van der Waals surface area contributed by atoms with E-state index in [2.05, 4.69) is 5.32 Å². The Morgan fingerprint density at radius 1 is 1.53 bits per heavy atom. The van der Waals surface area contributed by atoms with Crippen molar-refractivity contribution in [1.29, 1.82) is 5.26 Å². The van der Waals surface area contributed by atoms with Crippen molar-refractivity contribution < 1.29 is 12.8 Å². The molecule has 0 amide bonds. The van der Waals surface area contributed by atoms with Crippen LogP contribution in [0.15, 0.2) is 23.1 Å². The normalized spacial score (nSPS) is 21.0. The topological polar surface area (TPSA) is 73.2 Å². The van der Waals surface area contributed by atoms with Gasteiger partial charge in [0.15, 0.2) is 0 Å². The molecule has 1 saturated heterocycles. The summed E-state index contributed by atoms with van der Waals surface area (Å²) in [6.07, 6.45) is 0. The number of hydrogen-bond acceptors (Lipinski definition) is 4. The Labute approximate surface area is 111 Å². The molecule has 1 N–H and O–H groups in total. The lowest BCUT2D eigenvalue weighted by atomic mass is 10.2. The molecule has 0 bridgehead atoms. The molecule has 1 aliphatic rings. The molecule has 1 fully saturated rings. The minimum atomic E-state index is -3.86. The molecule has 7 heteroatoms. The van der Waals surface area contributed by atoms with Crippen molar-refractivity contribution >= 4 is 10.0 Å². The van der Waals surface area contributed by atoms with E-state index in [1.165, 1.54) is 10.4 Å². The summed E-state index contributed by atoms with van der Waals surface area (Å²) in [5.41, 5.74) is 0.102. The zero-order valence-electron chi connectivity index (χ0n) is 10.4. The van der Waals surface area contributed by atoms with Crippen molar-refractivity contribution in [2.24, 2.45) is 0 Å². The summed E-state index contributed by atoms with van der Waals surface area (Å²) in [6.45, 7) is 3.16. The van der Waals surface area contributed by atoms with Crippen molar-refractivity contribution in [3.63, 3.8) is 0 Å². The van der Waals surface area contributed by atoms with Crippen LogP contribution in [0.2, 0.25) is 0 Å². The van der Waals surface area contributed by atoms with Gasteiger partial charge in [0.25, 0.3) is 0 Å². The number of halogens is 1. The second-order valence-corrected chi connectivity index (χ2v) is 6.28. The van der Waals surface area contributed by atoms with E-state index in [1.807, 2.05) is 0 Å². The highest BCUT2D eigenvalue weighted by molar-refractivity contribution is 7.89. The van der Waals surface area contributed by atoms with Crippen LogP contribution in [0, 0.1) is 17.1 Å². The number of benzene rings is 1. The molecule has 0 saturated carbocycles. The third-order valence-electron chi connectivity index (χ3n) is 3.09. The van der Waals surface area contributed by atoms with Crippen LogP contribution in [0.4, 0.5) is 4.39 Å². The highest BCUT2D eigenvalue weighted by Gasteiger charge is 2.32. The molecule has 0 aliphatic carbocycles. The minimum Gasteiger partial charge on any atom is -0.314 e. The first-order valence-electron chi connectivity index (χ1n) is 5.89. The molecule has 1 aliphatic heterocycles. The largest absolute Gasteiger partial charge is 0.314 e. The lowest BCUT2D eigenvalue weighted by Gasteiger charge is -2.32. The van der Waals surface area contributed by atoms with E-state index in [0.717, 1.165) is 12.1 Å². The second kappa shape index (κ2) is 5.25. The van der Waals surface area contributed by atoms with Gasteiger partial charge in [-0.2, -0.15) is 9.57 Å². The maximum absolute atomic E-state index is 13.8. The summed E-state index contributed by atoms with van der Waals surface area (Å²) >= 11 is 0. The van der Waals surface area contributed by atoms with Crippen molar-refractivity contribution in [2.45, 2.75) is 17.9 Å². The molecule has 1 unspecified atom stereocenters. The number of nitriles is 1. The summed E-state index contributed by atoms with van der Waals surface area (Å²) in [7, 11) is -3.86. The van der Waals surface area contributed by atoms with Gasteiger partial charge in [-0.15, -0.1) is 0 Å². The van der Waals surface area contributed by atoms with Crippen LogP contribution in [-0.4, -0.2) is 38.4 Å². The van der Waals surface area contributed by atoms with E-state index >= 15 is 0 Å². The predicted molar refractivity (Wildman–Crippen MR) is 67.3 cm³/mol. The Kier molecular flexibility index (Phi) is 3.85. The Morgan fingerprint density at radius 3 is 2.84 bits per heavy atom. The second-order valence-electron chi connectivity index (χ2n) is 4.43. The fourth-order valence-corrected chi connectivity index (χ4v) is 3.76. The highest BCUT2D eigenvalue weighted by Crippen LogP contribution is 2.22. The average molecular weight is 283 g/mol. The van der Waals surface area contributed by atoms with Crippen molar-refractivity contribution in [3.05, 3.63) is 29.6 Å². The number of nitrogens with zero attached hydrogens (tertiary/aromatic N) is 2. The minimum absolute atomic E-state index is 0.102. The SMILES string of the molecule is CC1CNCCN1S(=O)(=O)c1ccc(C#N)cc1F. The lowest BCUT2D eigenvalue weighted by molar-refractivity contribution is 0.283. The number of rotatable bonds is 2. The molecule has 0 spiro atoms. The molecule has 1 aromatic carbocycles. The Hall–Kier alpha value is -1.49. The van der Waals surface area contributed by atoms with Gasteiger partial charge in [0, 0.05) is 25.7 Å². The number of sulfonamides is 1. The highest BCUT2D eigenvalue weighted by atomic mass is 32.2. The predicted octanol–water partition coefficient (Wildman–Crippen LogP) is 0.680. The summed E-state index contributed by atoms with van der Waals surface area (Å²) < 4.78 is 39.9.